The Labute approximate surface area is 175 Å². The molecule has 1 saturated heterocycles. The van der Waals surface area contributed by atoms with Crippen LogP contribution in [0, 0.1) is 19.8 Å². The number of aromatic amines is 1. The van der Waals surface area contributed by atoms with Crippen molar-refractivity contribution < 1.29 is 9.59 Å². The topological polar surface area (TPSA) is 95.9 Å². The van der Waals surface area contributed by atoms with Crippen molar-refractivity contribution in [3.63, 3.8) is 0 Å². The van der Waals surface area contributed by atoms with E-state index in [9.17, 15) is 9.59 Å². The van der Waals surface area contributed by atoms with E-state index in [4.69, 9.17) is 0 Å². The van der Waals surface area contributed by atoms with Crippen molar-refractivity contribution in [2.24, 2.45) is 5.92 Å². The van der Waals surface area contributed by atoms with Gasteiger partial charge in [-0.25, -0.2) is 4.98 Å². The minimum atomic E-state index is 0.0181. The zero-order valence-corrected chi connectivity index (χ0v) is 17.5. The van der Waals surface area contributed by atoms with Gasteiger partial charge in [0, 0.05) is 50.1 Å². The number of amides is 2. The number of hydrogen-bond acceptors (Lipinski definition) is 4. The summed E-state index contributed by atoms with van der Waals surface area (Å²) < 4.78 is 1.86. The molecule has 8 heteroatoms. The fraction of sp³-hybridized carbons (Fsp3) is 0.455. The van der Waals surface area contributed by atoms with Crippen molar-refractivity contribution in [1.82, 2.24) is 24.6 Å². The second kappa shape index (κ2) is 8.69. The van der Waals surface area contributed by atoms with Crippen LogP contribution in [0.2, 0.25) is 0 Å². The number of carbonyl (C=O) groups excluding carboxylic acids is 2. The van der Waals surface area contributed by atoms with Crippen LogP contribution in [0.15, 0.2) is 30.5 Å². The highest BCUT2D eigenvalue weighted by molar-refractivity contribution is 5.93. The average molecular weight is 409 g/mol. The van der Waals surface area contributed by atoms with Gasteiger partial charge in [-0.15, -0.1) is 0 Å². The number of nitrogens with zero attached hydrogens (tertiary/aromatic N) is 4. The van der Waals surface area contributed by atoms with E-state index in [-0.39, 0.29) is 11.8 Å². The van der Waals surface area contributed by atoms with Gasteiger partial charge >= 0.3 is 0 Å². The minimum Gasteiger partial charge on any atom is -0.343 e. The molecule has 0 bridgehead atoms. The SMILES string of the molecule is Cc1nc2ccc(NC(=O)CC3CCN(C(=O)CCn4nccc4C)CC3)cc2[nH]1. The van der Waals surface area contributed by atoms with Crippen LogP contribution in [0.25, 0.3) is 11.0 Å². The molecule has 2 amide bonds. The molecule has 8 nitrogen and oxygen atoms in total. The lowest BCUT2D eigenvalue weighted by molar-refractivity contribution is -0.133. The maximum absolute atomic E-state index is 12.5. The molecular weight excluding hydrogens is 380 g/mol. The number of benzene rings is 1. The van der Waals surface area contributed by atoms with Crippen LogP contribution in [0.4, 0.5) is 5.69 Å². The highest BCUT2D eigenvalue weighted by Gasteiger charge is 2.24. The molecule has 4 rings (SSSR count). The predicted molar refractivity (Wildman–Crippen MR) is 115 cm³/mol. The van der Waals surface area contributed by atoms with Crippen molar-refractivity contribution in [1.29, 1.82) is 0 Å². The molecule has 3 heterocycles. The molecule has 30 heavy (non-hydrogen) atoms. The molecule has 1 aliphatic heterocycles. The number of hydrogen-bond donors (Lipinski definition) is 2. The van der Waals surface area contributed by atoms with Crippen molar-refractivity contribution >= 4 is 28.5 Å². The number of H-pyrrole nitrogens is 1. The molecule has 1 aromatic carbocycles. The molecular formula is C22H28N6O2. The summed E-state index contributed by atoms with van der Waals surface area (Å²) in [5.74, 6) is 1.34. The van der Waals surface area contributed by atoms with Gasteiger partial charge < -0.3 is 15.2 Å². The third kappa shape index (κ3) is 4.69. The summed E-state index contributed by atoms with van der Waals surface area (Å²) in [6.45, 7) is 5.94. The number of aryl methyl sites for hydroxylation is 3. The number of imidazole rings is 1. The summed E-state index contributed by atoms with van der Waals surface area (Å²) in [5.41, 5.74) is 3.65. The van der Waals surface area contributed by atoms with Gasteiger partial charge in [-0.1, -0.05) is 0 Å². The minimum absolute atomic E-state index is 0.0181. The molecule has 0 radical (unpaired) electrons. The van der Waals surface area contributed by atoms with E-state index >= 15 is 0 Å². The normalized spacial score (nSPS) is 14.9. The van der Waals surface area contributed by atoms with Crippen LogP contribution < -0.4 is 5.32 Å². The molecule has 0 spiro atoms. The van der Waals surface area contributed by atoms with Crippen LogP contribution in [-0.2, 0) is 16.1 Å². The van der Waals surface area contributed by atoms with E-state index in [1.165, 1.54) is 0 Å². The third-order valence-corrected chi connectivity index (χ3v) is 5.79. The Morgan fingerprint density at radius 2 is 2.00 bits per heavy atom. The van der Waals surface area contributed by atoms with Crippen LogP contribution in [0.3, 0.4) is 0 Å². The lowest BCUT2D eigenvalue weighted by atomic mass is 9.93. The maximum Gasteiger partial charge on any atom is 0.224 e. The number of rotatable bonds is 6. The first-order valence-corrected chi connectivity index (χ1v) is 10.5. The van der Waals surface area contributed by atoms with Crippen LogP contribution in [0.5, 0.6) is 0 Å². The van der Waals surface area contributed by atoms with E-state index < -0.39 is 0 Å². The molecule has 0 atom stereocenters. The van der Waals surface area contributed by atoms with E-state index in [0.29, 0.717) is 38.4 Å². The number of anilines is 1. The fourth-order valence-corrected chi connectivity index (χ4v) is 4.07. The Morgan fingerprint density at radius 1 is 1.20 bits per heavy atom. The first kappa shape index (κ1) is 20.1. The summed E-state index contributed by atoms with van der Waals surface area (Å²) in [5, 5.41) is 7.21. The van der Waals surface area contributed by atoms with Gasteiger partial charge in [0.2, 0.25) is 11.8 Å². The van der Waals surface area contributed by atoms with Gasteiger partial charge in [0.05, 0.1) is 11.0 Å². The molecule has 1 fully saturated rings. The number of nitrogens with one attached hydrogen (secondary N) is 2. The van der Waals surface area contributed by atoms with Gasteiger partial charge in [0.25, 0.3) is 0 Å². The Hall–Kier alpha value is -3.16. The first-order valence-electron chi connectivity index (χ1n) is 10.5. The molecule has 1 aliphatic rings. The first-order chi connectivity index (χ1) is 14.5. The number of carbonyl (C=O) groups is 2. The van der Waals surface area contributed by atoms with Crippen molar-refractivity contribution in [3.05, 3.63) is 42.0 Å². The lowest BCUT2D eigenvalue weighted by Crippen LogP contribution is -2.39. The van der Waals surface area contributed by atoms with Crippen LogP contribution in [-0.4, -0.2) is 49.6 Å². The van der Waals surface area contributed by atoms with Crippen LogP contribution >= 0.6 is 0 Å². The van der Waals surface area contributed by atoms with Gasteiger partial charge in [0.1, 0.15) is 5.82 Å². The van der Waals surface area contributed by atoms with E-state index in [2.05, 4.69) is 20.4 Å². The van der Waals surface area contributed by atoms with Crippen molar-refractivity contribution in [3.8, 4) is 0 Å². The van der Waals surface area contributed by atoms with Gasteiger partial charge in [-0.2, -0.15) is 5.10 Å². The van der Waals surface area contributed by atoms with Gasteiger partial charge in [0.15, 0.2) is 0 Å². The predicted octanol–water partition coefficient (Wildman–Crippen LogP) is 3.03. The highest BCUT2D eigenvalue weighted by atomic mass is 16.2. The van der Waals surface area contributed by atoms with E-state index in [1.807, 2.05) is 47.7 Å². The van der Waals surface area contributed by atoms with Gasteiger partial charge in [-0.05, 0) is 56.9 Å². The number of piperidine rings is 1. The van der Waals surface area contributed by atoms with E-state index in [1.54, 1.807) is 6.20 Å². The Morgan fingerprint density at radius 3 is 2.73 bits per heavy atom. The van der Waals surface area contributed by atoms with Crippen LogP contribution in [0.1, 0.15) is 37.2 Å². The molecule has 2 aromatic heterocycles. The zero-order valence-electron chi connectivity index (χ0n) is 17.5. The summed E-state index contributed by atoms with van der Waals surface area (Å²) in [4.78, 5) is 34.4. The smallest absolute Gasteiger partial charge is 0.224 e. The largest absolute Gasteiger partial charge is 0.343 e. The summed E-state index contributed by atoms with van der Waals surface area (Å²) in [6, 6.07) is 7.64. The molecule has 3 aromatic rings. The maximum atomic E-state index is 12.5. The Bertz CT molecular complexity index is 1050. The second-order valence-corrected chi connectivity index (χ2v) is 8.08. The molecule has 2 N–H and O–H groups in total. The zero-order chi connectivity index (χ0) is 21.1. The average Bonchev–Trinajstić information content (AvgIpc) is 3.30. The molecule has 0 unspecified atom stereocenters. The number of fused-ring (bicyclic) bond motifs is 1. The summed E-state index contributed by atoms with van der Waals surface area (Å²) in [6.07, 6.45) is 4.42. The highest BCUT2D eigenvalue weighted by Crippen LogP contribution is 2.23. The fourth-order valence-electron chi connectivity index (χ4n) is 4.07. The van der Waals surface area contributed by atoms with Gasteiger partial charge in [-0.3, -0.25) is 14.3 Å². The van der Waals surface area contributed by atoms with Crippen molar-refractivity contribution in [2.75, 3.05) is 18.4 Å². The Kier molecular flexibility index (Phi) is 5.83. The molecule has 0 saturated carbocycles. The second-order valence-electron chi connectivity index (χ2n) is 8.08. The summed E-state index contributed by atoms with van der Waals surface area (Å²) in [7, 11) is 0. The quantitative estimate of drug-likeness (QED) is 0.655. The van der Waals surface area contributed by atoms with Crippen molar-refractivity contribution in [2.45, 2.75) is 46.1 Å². The Balaban J connectivity index is 1.22. The standard InChI is InChI=1S/C22H28N6O2/c1-15-5-9-23-28(15)12-8-22(30)27-10-6-17(7-11-27)13-21(29)26-18-3-4-19-20(14-18)25-16(2)24-19/h3-5,9,14,17H,6-8,10-13H2,1-2H3,(H,24,25)(H,26,29). The number of aromatic nitrogens is 4. The van der Waals surface area contributed by atoms with E-state index in [0.717, 1.165) is 41.1 Å². The molecule has 158 valence electrons. The third-order valence-electron chi connectivity index (χ3n) is 5.79. The molecule has 0 aliphatic carbocycles. The number of likely N-dealkylation sites (tertiary alicyclic amines) is 1. The lowest BCUT2D eigenvalue weighted by Gasteiger charge is -2.32. The monoisotopic (exact) mass is 408 g/mol. The summed E-state index contributed by atoms with van der Waals surface area (Å²) >= 11 is 0.